The molecule has 0 unspecified atom stereocenters. The fourth-order valence-corrected chi connectivity index (χ4v) is 6.43. The Labute approximate surface area is 266 Å². The van der Waals surface area contributed by atoms with E-state index < -0.39 is 0 Å². The molecule has 0 saturated carbocycles. The highest BCUT2D eigenvalue weighted by Crippen LogP contribution is 2.42. The Morgan fingerprint density at radius 3 is 1.44 bits per heavy atom. The molecule has 0 bridgehead atoms. The van der Waals surface area contributed by atoms with Crippen LogP contribution >= 0.6 is 0 Å². The number of benzene rings is 8. The Balaban J connectivity index is 1.29. The molecular weight excluding hydrogens is 542 g/mol. The number of anilines is 3. The van der Waals surface area contributed by atoms with E-state index in [1.807, 2.05) is 72.8 Å². The minimum Gasteiger partial charge on any atom is -0.311 e. The minimum atomic E-state index is 0.190. The SMILES string of the molecule is [2H]/C(=C(/[2H])c1c2ccccc2c(-c2cccc3ccccc23)c2ccccc12)c1ccc(N(c2ccccc2)c2ccccc2)cc1. The first-order chi connectivity index (χ1) is 23.2. The van der Waals surface area contributed by atoms with Crippen LogP contribution in [0.5, 0.6) is 0 Å². The van der Waals surface area contributed by atoms with Gasteiger partial charge in [0.05, 0.1) is 2.74 Å². The van der Waals surface area contributed by atoms with Crippen molar-refractivity contribution in [3.63, 3.8) is 0 Å². The van der Waals surface area contributed by atoms with Crippen molar-refractivity contribution >= 4 is 61.5 Å². The van der Waals surface area contributed by atoms with Gasteiger partial charge in [-0.15, -0.1) is 0 Å². The summed E-state index contributed by atoms with van der Waals surface area (Å²) in [4.78, 5) is 2.20. The van der Waals surface area contributed by atoms with E-state index in [1.165, 1.54) is 16.3 Å². The number of hydrogen-bond acceptors (Lipinski definition) is 1. The maximum atomic E-state index is 9.52. The van der Waals surface area contributed by atoms with Crippen molar-refractivity contribution in [2.75, 3.05) is 4.90 Å². The highest BCUT2D eigenvalue weighted by atomic mass is 15.1. The third kappa shape index (κ3) is 4.95. The summed E-state index contributed by atoms with van der Waals surface area (Å²) >= 11 is 0. The number of nitrogens with zero attached hydrogens (tertiary/aromatic N) is 1. The fourth-order valence-electron chi connectivity index (χ4n) is 6.43. The number of hydrogen-bond donors (Lipinski definition) is 0. The lowest BCUT2D eigenvalue weighted by atomic mass is 9.86. The Bertz CT molecular complexity index is 2310. The molecule has 0 fully saturated rings. The third-order valence-corrected chi connectivity index (χ3v) is 8.48. The maximum Gasteiger partial charge on any atom is 0.0630 e. The van der Waals surface area contributed by atoms with E-state index >= 15 is 0 Å². The molecule has 8 aromatic rings. The molecule has 8 aromatic carbocycles. The number of fused-ring (bicyclic) bond motifs is 3. The van der Waals surface area contributed by atoms with Gasteiger partial charge in [0.25, 0.3) is 0 Å². The highest BCUT2D eigenvalue weighted by molar-refractivity contribution is 6.20. The number of para-hydroxylation sites is 2. The van der Waals surface area contributed by atoms with Crippen LogP contribution in [0.4, 0.5) is 17.1 Å². The second-order valence-electron chi connectivity index (χ2n) is 11.2. The Morgan fingerprint density at radius 1 is 0.378 bits per heavy atom. The molecule has 0 N–H and O–H groups in total. The lowest BCUT2D eigenvalue weighted by Gasteiger charge is -2.25. The van der Waals surface area contributed by atoms with Crippen LogP contribution < -0.4 is 4.90 Å². The zero-order valence-electron chi connectivity index (χ0n) is 26.7. The summed E-state index contributed by atoms with van der Waals surface area (Å²) in [6.07, 6.45) is 0. The van der Waals surface area contributed by atoms with Crippen molar-refractivity contribution in [3.05, 3.63) is 187 Å². The molecule has 0 radical (unpaired) electrons. The summed E-state index contributed by atoms with van der Waals surface area (Å²) in [7, 11) is 0. The van der Waals surface area contributed by atoms with E-state index in [0.29, 0.717) is 5.56 Å². The van der Waals surface area contributed by atoms with Crippen LogP contribution in [0.15, 0.2) is 176 Å². The predicted molar refractivity (Wildman–Crippen MR) is 194 cm³/mol. The van der Waals surface area contributed by atoms with Crippen LogP contribution in [-0.4, -0.2) is 0 Å². The van der Waals surface area contributed by atoms with Crippen LogP contribution in [0.3, 0.4) is 0 Å². The summed E-state index contributed by atoms with van der Waals surface area (Å²) in [6.45, 7) is 0. The molecule has 8 rings (SSSR count). The molecule has 0 aliphatic heterocycles. The van der Waals surface area contributed by atoms with Gasteiger partial charge in [-0.2, -0.15) is 0 Å². The standard InChI is InChI=1S/C44H31N/c1-3-16-34(17-4-1)45(35-18-5-2-6-19-35)36-29-26-32(27-30-36)28-31-40-38-21-9-11-23-42(38)44(43-24-12-10-22-39(40)43)41-25-13-15-33-14-7-8-20-37(33)41/h1-31H/b31-28+/i28D,31D. The molecule has 0 aliphatic carbocycles. The van der Waals surface area contributed by atoms with Crippen molar-refractivity contribution in [2.45, 2.75) is 0 Å². The lowest BCUT2D eigenvalue weighted by molar-refractivity contribution is 1.28. The van der Waals surface area contributed by atoms with E-state index in [2.05, 4.69) is 108 Å². The van der Waals surface area contributed by atoms with Gasteiger partial charge < -0.3 is 4.90 Å². The molecule has 0 aliphatic rings. The molecule has 212 valence electrons. The van der Waals surface area contributed by atoms with E-state index in [0.717, 1.165) is 49.7 Å². The Morgan fingerprint density at radius 2 is 0.844 bits per heavy atom. The monoisotopic (exact) mass is 575 g/mol. The second-order valence-corrected chi connectivity index (χ2v) is 11.2. The third-order valence-electron chi connectivity index (χ3n) is 8.48. The molecule has 1 heteroatoms. The van der Waals surface area contributed by atoms with Gasteiger partial charge in [-0.3, -0.25) is 0 Å². The van der Waals surface area contributed by atoms with Crippen molar-refractivity contribution < 1.29 is 2.74 Å². The van der Waals surface area contributed by atoms with Crippen molar-refractivity contribution in [1.29, 1.82) is 0 Å². The smallest absolute Gasteiger partial charge is 0.0630 e. The van der Waals surface area contributed by atoms with Crippen molar-refractivity contribution in [1.82, 2.24) is 0 Å². The van der Waals surface area contributed by atoms with Gasteiger partial charge in [0, 0.05) is 17.1 Å². The van der Waals surface area contributed by atoms with Gasteiger partial charge in [0.2, 0.25) is 0 Å². The van der Waals surface area contributed by atoms with Crippen LogP contribution in [0.25, 0.3) is 55.5 Å². The molecule has 0 atom stereocenters. The molecule has 1 nitrogen and oxygen atoms in total. The van der Waals surface area contributed by atoms with Gasteiger partial charge in [0.15, 0.2) is 0 Å². The topological polar surface area (TPSA) is 3.24 Å². The Kier molecular flexibility index (Phi) is 6.34. The quantitative estimate of drug-likeness (QED) is 0.141. The molecule has 0 heterocycles. The van der Waals surface area contributed by atoms with Gasteiger partial charge in [-0.05, 0) is 91.0 Å². The fraction of sp³-hybridized carbons (Fsp3) is 0. The maximum absolute atomic E-state index is 9.52. The molecule has 0 saturated heterocycles. The zero-order valence-corrected chi connectivity index (χ0v) is 24.7. The van der Waals surface area contributed by atoms with E-state index in [1.54, 1.807) is 0 Å². The second kappa shape index (κ2) is 11.6. The van der Waals surface area contributed by atoms with Crippen LogP contribution in [0.2, 0.25) is 0 Å². The first-order valence-electron chi connectivity index (χ1n) is 16.3. The summed E-state index contributed by atoms with van der Waals surface area (Å²) in [6, 6.07) is 60.6. The lowest BCUT2D eigenvalue weighted by Crippen LogP contribution is -2.09. The molecule has 0 amide bonds. The molecular formula is C44H31N. The average Bonchev–Trinajstić information content (AvgIpc) is 3.14. The molecule has 0 spiro atoms. The Hall–Kier alpha value is -5.92. The largest absolute Gasteiger partial charge is 0.311 e. The summed E-state index contributed by atoms with van der Waals surface area (Å²) in [5.74, 6) is 0. The van der Waals surface area contributed by atoms with Gasteiger partial charge >= 0.3 is 0 Å². The van der Waals surface area contributed by atoms with Gasteiger partial charge in [-0.25, -0.2) is 0 Å². The molecule has 0 aromatic heterocycles. The first-order valence-corrected chi connectivity index (χ1v) is 15.3. The van der Waals surface area contributed by atoms with Gasteiger partial charge in [-0.1, -0.05) is 152 Å². The zero-order chi connectivity index (χ0) is 31.7. The summed E-state index contributed by atoms with van der Waals surface area (Å²) in [5.41, 5.74) is 6.90. The van der Waals surface area contributed by atoms with Gasteiger partial charge in [0.1, 0.15) is 0 Å². The predicted octanol–water partition coefficient (Wildman–Crippen LogP) is 12.5. The normalized spacial score (nSPS) is 12.5. The summed E-state index contributed by atoms with van der Waals surface area (Å²) in [5, 5.41) is 6.48. The van der Waals surface area contributed by atoms with E-state index in [4.69, 9.17) is 0 Å². The summed E-state index contributed by atoms with van der Waals surface area (Å²) < 4.78 is 18.8. The van der Waals surface area contributed by atoms with Crippen molar-refractivity contribution in [3.8, 4) is 11.1 Å². The molecule has 45 heavy (non-hydrogen) atoms. The van der Waals surface area contributed by atoms with Crippen LogP contribution in [0, 0.1) is 0 Å². The minimum absolute atomic E-state index is 0.190. The van der Waals surface area contributed by atoms with Crippen LogP contribution in [0.1, 0.15) is 13.9 Å². The van der Waals surface area contributed by atoms with Crippen molar-refractivity contribution in [2.24, 2.45) is 0 Å². The highest BCUT2D eigenvalue weighted by Gasteiger charge is 2.16. The average molecular weight is 576 g/mol. The van der Waals surface area contributed by atoms with E-state index in [9.17, 15) is 2.74 Å². The van der Waals surface area contributed by atoms with E-state index in [-0.39, 0.29) is 12.1 Å². The van der Waals surface area contributed by atoms with Crippen LogP contribution in [-0.2, 0) is 0 Å². The first kappa shape index (κ1) is 24.5. The number of rotatable bonds is 6.